The fourth-order valence-electron chi connectivity index (χ4n) is 2.95. The lowest BCUT2D eigenvalue weighted by Crippen LogP contribution is -2.16. The van der Waals surface area contributed by atoms with Gasteiger partial charge in [0.05, 0.1) is 4.92 Å². The lowest BCUT2D eigenvalue weighted by Gasteiger charge is -2.26. The van der Waals surface area contributed by atoms with Crippen LogP contribution in [0.1, 0.15) is 49.4 Å². The molecule has 5 heteroatoms. The predicted molar refractivity (Wildman–Crippen MR) is 82.7 cm³/mol. The molecule has 21 heavy (non-hydrogen) atoms. The molecule has 2 rings (SSSR count). The first kappa shape index (κ1) is 15.5. The molecule has 5 nitrogen and oxygen atoms in total. The SMILES string of the molecule is CC1CCC(CCNc2ccc(C=O)cc2[N+](=O)[O-])CC1. The minimum absolute atomic E-state index is 0.0307. The molecule has 1 N–H and O–H groups in total. The summed E-state index contributed by atoms with van der Waals surface area (Å²) in [5.74, 6) is 1.56. The Labute approximate surface area is 124 Å². The summed E-state index contributed by atoms with van der Waals surface area (Å²) in [6.45, 7) is 3.03. The van der Waals surface area contributed by atoms with Gasteiger partial charge in [0.2, 0.25) is 0 Å². The Balaban J connectivity index is 1.90. The highest BCUT2D eigenvalue weighted by molar-refractivity contribution is 5.79. The zero-order chi connectivity index (χ0) is 15.2. The van der Waals surface area contributed by atoms with Gasteiger partial charge in [0, 0.05) is 18.2 Å². The Kier molecular flexibility index (Phi) is 5.31. The summed E-state index contributed by atoms with van der Waals surface area (Å²) in [5, 5.41) is 14.2. The first-order valence-corrected chi connectivity index (χ1v) is 7.57. The number of carbonyl (C=O) groups excluding carboxylic acids is 1. The molecule has 0 spiro atoms. The molecule has 0 aliphatic heterocycles. The van der Waals surface area contributed by atoms with Gasteiger partial charge in [0.1, 0.15) is 12.0 Å². The fourth-order valence-corrected chi connectivity index (χ4v) is 2.95. The van der Waals surface area contributed by atoms with Crippen molar-refractivity contribution in [1.29, 1.82) is 0 Å². The standard InChI is InChI=1S/C16H22N2O3/c1-12-2-4-13(5-3-12)8-9-17-15-7-6-14(11-19)10-16(15)18(20)21/h6-7,10-13,17H,2-5,8-9H2,1H3. The van der Waals surface area contributed by atoms with Gasteiger partial charge < -0.3 is 5.32 Å². The van der Waals surface area contributed by atoms with Gasteiger partial charge in [-0.25, -0.2) is 0 Å². The quantitative estimate of drug-likeness (QED) is 0.487. The lowest BCUT2D eigenvalue weighted by atomic mass is 9.81. The van der Waals surface area contributed by atoms with Gasteiger partial charge in [-0.15, -0.1) is 0 Å². The smallest absolute Gasteiger partial charge is 0.293 e. The van der Waals surface area contributed by atoms with Crippen LogP contribution in [-0.4, -0.2) is 17.8 Å². The van der Waals surface area contributed by atoms with Crippen LogP contribution in [-0.2, 0) is 0 Å². The molecule has 1 saturated carbocycles. The fraction of sp³-hybridized carbons (Fsp3) is 0.562. The third-order valence-corrected chi connectivity index (χ3v) is 4.36. The molecule has 0 heterocycles. The second-order valence-electron chi connectivity index (χ2n) is 5.99. The van der Waals surface area contributed by atoms with Crippen molar-refractivity contribution in [3.63, 3.8) is 0 Å². The van der Waals surface area contributed by atoms with E-state index < -0.39 is 4.92 Å². The lowest BCUT2D eigenvalue weighted by molar-refractivity contribution is -0.384. The van der Waals surface area contributed by atoms with Crippen LogP contribution in [0.25, 0.3) is 0 Å². The number of carbonyl (C=O) groups is 1. The van der Waals surface area contributed by atoms with Crippen LogP contribution in [0.2, 0.25) is 0 Å². The molecular weight excluding hydrogens is 268 g/mol. The summed E-state index contributed by atoms with van der Waals surface area (Å²) in [4.78, 5) is 21.3. The predicted octanol–water partition coefficient (Wildman–Crippen LogP) is 4.04. The summed E-state index contributed by atoms with van der Waals surface area (Å²) in [6, 6.07) is 4.53. The Hall–Kier alpha value is -1.91. The topological polar surface area (TPSA) is 72.2 Å². The van der Waals surface area contributed by atoms with Crippen LogP contribution in [0, 0.1) is 22.0 Å². The molecule has 0 bridgehead atoms. The highest BCUT2D eigenvalue weighted by Gasteiger charge is 2.19. The van der Waals surface area contributed by atoms with Crippen LogP contribution in [0.3, 0.4) is 0 Å². The maximum atomic E-state index is 11.0. The molecule has 1 aliphatic carbocycles. The van der Waals surface area contributed by atoms with E-state index in [4.69, 9.17) is 0 Å². The van der Waals surface area contributed by atoms with E-state index in [2.05, 4.69) is 12.2 Å². The number of nitrogens with zero attached hydrogens (tertiary/aromatic N) is 1. The first-order valence-electron chi connectivity index (χ1n) is 7.57. The van der Waals surface area contributed by atoms with Crippen LogP contribution in [0.4, 0.5) is 11.4 Å². The maximum absolute atomic E-state index is 11.0. The molecule has 1 aliphatic rings. The highest BCUT2D eigenvalue weighted by Crippen LogP contribution is 2.31. The Bertz CT molecular complexity index is 508. The summed E-state index contributed by atoms with van der Waals surface area (Å²) in [6.07, 6.45) is 6.76. The van der Waals surface area contributed by atoms with Crippen LogP contribution in [0.15, 0.2) is 18.2 Å². The molecule has 0 amide bonds. The zero-order valence-corrected chi connectivity index (χ0v) is 12.4. The number of rotatable bonds is 6. The Morgan fingerprint density at radius 1 is 1.33 bits per heavy atom. The average Bonchev–Trinajstić information content (AvgIpc) is 2.49. The number of nitro benzene ring substituents is 1. The van der Waals surface area contributed by atoms with Gasteiger partial charge in [0.15, 0.2) is 0 Å². The number of nitro groups is 1. The van der Waals surface area contributed by atoms with E-state index in [0.717, 1.165) is 24.8 Å². The van der Waals surface area contributed by atoms with E-state index >= 15 is 0 Å². The Morgan fingerprint density at radius 3 is 2.67 bits per heavy atom. The number of aldehydes is 1. The van der Waals surface area contributed by atoms with Gasteiger partial charge in [-0.1, -0.05) is 32.6 Å². The summed E-state index contributed by atoms with van der Waals surface area (Å²) >= 11 is 0. The molecule has 114 valence electrons. The second-order valence-corrected chi connectivity index (χ2v) is 5.99. The number of nitrogens with one attached hydrogen (secondary N) is 1. The molecule has 0 unspecified atom stereocenters. The summed E-state index contributed by atoms with van der Waals surface area (Å²) in [5.41, 5.74) is 0.792. The zero-order valence-electron chi connectivity index (χ0n) is 12.4. The number of hydrogen-bond acceptors (Lipinski definition) is 4. The van der Waals surface area contributed by atoms with Gasteiger partial charge in [-0.3, -0.25) is 14.9 Å². The van der Waals surface area contributed by atoms with E-state index in [1.54, 1.807) is 12.1 Å². The van der Waals surface area contributed by atoms with E-state index in [0.29, 0.717) is 17.5 Å². The molecule has 1 fully saturated rings. The van der Waals surface area contributed by atoms with Crippen molar-refractivity contribution in [2.24, 2.45) is 11.8 Å². The normalized spacial score (nSPS) is 21.8. The van der Waals surface area contributed by atoms with Crippen molar-refractivity contribution in [3.8, 4) is 0 Å². The minimum atomic E-state index is -0.447. The van der Waals surface area contributed by atoms with Crippen LogP contribution in [0.5, 0.6) is 0 Å². The van der Waals surface area contributed by atoms with E-state index in [-0.39, 0.29) is 5.69 Å². The number of hydrogen-bond donors (Lipinski definition) is 1. The van der Waals surface area contributed by atoms with E-state index in [9.17, 15) is 14.9 Å². The van der Waals surface area contributed by atoms with Crippen molar-refractivity contribution in [2.75, 3.05) is 11.9 Å². The van der Waals surface area contributed by atoms with Gasteiger partial charge in [0.25, 0.3) is 5.69 Å². The van der Waals surface area contributed by atoms with Gasteiger partial charge in [-0.2, -0.15) is 0 Å². The number of benzene rings is 1. The van der Waals surface area contributed by atoms with Crippen molar-refractivity contribution < 1.29 is 9.72 Å². The third-order valence-electron chi connectivity index (χ3n) is 4.36. The number of anilines is 1. The highest BCUT2D eigenvalue weighted by atomic mass is 16.6. The molecule has 0 atom stereocenters. The molecule has 0 saturated heterocycles. The second kappa shape index (κ2) is 7.20. The Morgan fingerprint density at radius 2 is 2.05 bits per heavy atom. The average molecular weight is 290 g/mol. The first-order chi connectivity index (χ1) is 10.1. The van der Waals surface area contributed by atoms with Crippen molar-refractivity contribution >= 4 is 17.7 Å². The van der Waals surface area contributed by atoms with Gasteiger partial charge >= 0.3 is 0 Å². The molecule has 0 radical (unpaired) electrons. The largest absolute Gasteiger partial charge is 0.379 e. The summed E-state index contributed by atoms with van der Waals surface area (Å²) < 4.78 is 0. The molecule has 1 aromatic rings. The van der Waals surface area contributed by atoms with Crippen molar-refractivity contribution in [3.05, 3.63) is 33.9 Å². The van der Waals surface area contributed by atoms with E-state index in [1.807, 2.05) is 0 Å². The van der Waals surface area contributed by atoms with Crippen LogP contribution >= 0.6 is 0 Å². The molecule has 0 aromatic heterocycles. The van der Waals surface area contributed by atoms with Crippen molar-refractivity contribution in [1.82, 2.24) is 0 Å². The maximum Gasteiger partial charge on any atom is 0.293 e. The minimum Gasteiger partial charge on any atom is -0.379 e. The van der Waals surface area contributed by atoms with Crippen molar-refractivity contribution in [2.45, 2.75) is 39.0 Å². The van der Waals surface area contributed by atoms with Gasteiger partial charge in [-0.05, 0) is 30.4 Å². The summed E-state index contributed by atoms with van der Waals surface area (Å²) in [7, 11) is 0. The van der Waals surface area contributed by atoms with Crippen LogP contribution < -0.4 is 5.32 Å². The van der Waals surface area contributed by atoms with E-state index in [1.165, 1.54) is 31.7 Å². The molecular formula is C16H22N2O3. The monoisotopic (exact) mass is 290 g/mol. The molecule has 1 aromatic carbocycles. The third kappa shape index (κ3) is 4.28.